The van der Waals surface area contributed by atoms with Crippen LogP contribution < -0.4 is 14.9 Å². The molecule has 0 bridgehead atoms. The smallest absolute Gasteiger partial charge is 0.271 e. The van der Waals surface area contributed by atoms with Crippen LogP contribution in [0, 0.1) is 0 Å². The second-order valence-electron chi connectivity index (χ2n) is 8.55. The van der Waals surface area contributed by atoms with E-state index in [1.54, 1.807) is 42.5 Å². The molecule has 0 aliphatic rings. The van der Waals surface area contributed by atoms with Crippen LogP contribution in [0.4, 0.5) is 0 Å². The van der Waals surface area contributed by atoms with E-state index < -0.39 is 15.9 Å². The number of nitrogens with zero attached hydrogens (tertiary/aromatic N) is 2. The Kier molecular flexibility index (Phi) is 9.95. The summed E-state index contributed by atoms with van der Waals surface area (Å²) in [4.78, 5) is 12.6. The first kappa shape index (κ1) is 30.4. The van der Waals surface area contributed by atoms with E-state index in [2.05, 4.69) is 10.5 Å². The van der Waals surface area contributed by atoms with E-state index in [4.69, 9.17) is 48.7 Å². The molecular formula is C28H24Cl3N3O6S. The van der Waals surface area contributed by atoms with Gasteiger partial charge in [0.05, 0.1) is 41.9 Å². The van der Waals surface area contributed by atoms with Crippen LogP contribution >= 0.6 is 34.8 Å². The van der Waals surface area contributed by atoms with E-state index in [-0.39, 0.29) is 18.0 Å². The molecule has 0 saturated carbocycles. The third kappa shape index (κ3) is 7.60. The van der Waals surface area contributed by atoms with Crippen LogP contribution in [0.5, 0.6) is 11.5 Å². The van der Waals surface area contributed by atoms with Gasteiger partial charge in [-0.2, -0.15) is 9.41 Å². The molecule has 4 rings (SSSR count). The van der Waals surface area contributed by atoms with Crippen molar-refractivity contribution < 1.29 is 27.1 Å². The molecule has 1 amide bonds. The second-order valence-corrected chi connectivity index (χ2v) is 11.7. The van der Waals surface area contributed by atoms with Crippen molar-refractivity contribution in [3.63, 3.8) is 0 Å². The molecule has 1 N–H and O–H groups in total. The maximum absolute atomic E-state index is 13.6. The van der Waals surface area contributed by atoms with Gasteiger partial charge in [0.25, 0.3) is 5.91 Å². The summed E-state index contributed by atoms with van der Waals surface area (Å²) in [6.45, 7) is -0.107. The van der Waals surface area contributed by atoms with Gasteiger partial charge < -0.3 is 13.9 Å². The zero-order valence-corrected chi connectivity index (χ0v) is 24.9. The Balaban J connectivity index is 1.50. The van der Waals surface area contributed by atoms with Crippen molar-refractivity contribution in [2.45, 2.75) is 18.0 Å². The molecule has 0 aliphatic heterocycles. The number of rotatable bonds is 11. The Labute approximate surface area is 252 Å². The molecule has 214 valence electrons. The molecule has 0 saturated heterocycles. The van der Waals surface area contributed by atoms with Gasteiger partial charge in [-0.1, -0.05) is 40.9 Å². The number of carbonyl (C=O) groups excluding carboxylic acids is 1. The maximum Gasteiger partial charge on any atom is 0.271 e. The lowest BCUT2D eigenvalue weighted by Gasteiger charge is -2.22. The summed E-state index contributed by atoms with van der Waals surface area (Å²) in [5.41, 5.74) is 3.35. The molecular weight excluding hydrogens is 613 g/mol. The van der Waals surface area contributed by atoms with E-state index in [1.807, 2.05) is 0 Å². The van der Waals surface area contributed by atoms with Crippen molar-refractivity contribution in [2.75, 3.05) is 14.2 Å². The summed E-state index contributed by atoms with van der Waals surface area (Å²) >= 11 is 18.1. The van der Waals surface area contributed by atoms with Gasteiger partial charge in [-0.25, -0.2) is 13.8 Å². The lowest BCUT2D eigenvalue weighted by Crippen LogP contribution is -2.30. The number of hydrogen-bond acceptors (Lipinski definition) is 7. The highest BCUT2D eigenvalue weighted by Gasteiger charge is 2.26. The molecule has 0 fully saturated rings. The number of methoxy groups -OCH3 is 2. The minimum absolute atomic E-state index is 0.00659. The number of halogens is 3. The Morgan fingerprint density at radius 2 is 1.63 bits per heavy atom. The van der Waals surface area contributed by atoms with Crippen LogP contribution in [0.3, 0.4) is 0 Å². The van der Waals surface area contributed by atoms with Gasteiger partial charge in [-0.15, -0.1) is 0 Å². The SMILES string of the molecule is COc1ccc(C(=O)N/N=C\c2ccc(CN(Cc3ccc(Cl)c(Cl)c3)S(=O)(=O)c3ccc(Cl)cc3)o2)cc1OC. The molecule has 3 aromatic carbocycles. The molecule has 0 atom stereocenters. The zero-order chi connectivity index (χ0) is 29.6. The fourth-order valence-corrected chi connectivity index (χ4v) is 5.58. The molecule has 0 spiro atoms. The number of hydrazone groups is 1. The predicted octanol–water partition coefficient (Wildman–Crippen LogP) is 6.41. The van der Waals surface area contributed by atoms with Crippen molar-refractivity contribution >= 4 is 56.9 Å². The highest BCUT2D eigenvalue weighted by atomic mass is 35.5. The van der Waals surface area contributed by atoms with Crippen LogP contribution in [0.15, 0.2) is 87.2 Å². The fourth-order valence-electron chi connectivity index (χ4n) is 3.74. The number of sulfonamides is 1. The monoisotopic (exact) mass is 635 g/mol. The summed E-state index contributed by atoms with van der Waals surface area (Å²) < 4.78 is 44.6. The number of benzene rings is 3. The Hall–Kier alpha value is -3.54. The third-order valence-corrected chi connectivity index (χ3v) is 8.61. The molecule has 4 aromatic rings. The molecule has 13 heteroatoms. The van der Waals surface area contributed by atoms with Gasteiger partial charge in [0.15, 0.2) is 11.5 Å². The zero-order valence-electron chi connectivity index (χ0n) is 21.8. The first-order chi connectivity index (χ1) is 19.6. The highest BCUT2D eigenvalue weighted by Crippen LogP contribution is 2.28. The van der Waals surface area contributed by atoms with Crippen molar-refractivity contribution in [3.05, 3.63) is 111 Å². The van der Waals surface area contributed by atoms with Crippen molar-refractivity contribution in [1.29, 1.82) is 0 Å². The molecule has 0 radical (unpaired) electrons. The van der Waals surface area contributed by atoms with E-state index >= 15 is 0 Å². The van der Waals surface area contributed by atoms with Crippen LogP contribution in [0.1, 0.15) is 27.4 Å². The van der Waals surface area contributed by atoms with E-state index in [0.29, 0.717) is 49.2 Å². The molecule has 1 aromatic heterocycles. The first-order valence-corrected chi connectivity index (χ1v) is 14.5. The Morgan fingerprint density at radius 1 is 0.902 bits per heavy atom. The number of ether oxygens (including phenoxy) is 2. The predicted molar refractivity (Wildman–Crippen MR) is 158 cm³/mol. The average molecular weight is 637 g/mol. The Morgan fingerprint density at radius 3 is 2.32 bits per heavy atom. The largest absolute Gasteiger partial charge is 0.493 e. The minimum Gasteiger partial charge on any atom is -0.493 e. The van der Waals surface area contributed by atoms with E-state index in [1.165, 1.54) is 55.1 Å². The first-order valence-electron chi connectivity index (χ1n) is 11.9. The highest BCUT2D eigenvalue weighted by molar-refractivity contribution is 7.89. The summed E-state index contributed by atoms with van der Waals surface area (Å²) in [5.74, 6) is 1.05. The number of furan rings is 1. The number of amides is 1. The van der Waals surface area contributed by atoms with Crippen molar-refractivity contribution in [3.8, 4) is 11.5 Å². The van der Waals surface area contributed by atoms with E-state index in [0.717, 1.165) is 0 Å². The summed E-state index contributed by atoms with van der Waals surface area (Å²) in [7, 11) is -0.999. The quantitative estimate of drug-likeness (QED) is 0.150. The van der Waals surface area contributed by atoms with Gasteiger partial charge in [0, 0.05) is 17.1 Å². The lowest BCUT2D eigenvalue weighted by molar-refractivity contribution is 0.0954. The average Bonchev–Trinajstić information content (AvgIpc) is 3.41. The standard InChI is InChI=1S/C28H24Cl3N3O6S/c1-38-26-12-4-19(14-27(26)39-2)28(35)33-32-15-21-7-8-22(40-21)17-34(16-18-3-11-24(30)25(31)13-18)41(36,37)23-9-5-20(29)6-10-23/h3-15H,16-17H2,1-2H3,(H,33,35)/b32-15-. The fraction of sp³-hybridized carbons (Fsp3) is 0.143. The van der Waals surface area contributed by atoms with Gasteiger partial charge in [-0.3, -0.25) is 4.79 Å². The van der Waals surface area contributed by atoms with Gasteiger partial charge in [-0.05, 0) is 72.3 Å². The van der Waals surface area contributed by atoms with Crippen LogP contribution in [-0.2, 0) is 23.1 Å². The minimum atomic E-state index is -3.97. The number of hydrogen-bond donors (Lipinski definition) is 1. The summed E-state index contributed by atoms with van der Waals surface area (Å²) in [6.07, 6.45) is 1.30. The topological polar surface area (TPSA) is 110 Å². The Bertz CT molecular complexity index is 1670. The molecule has 0 unspecified atom stereocenters. The maximum atomic E-state index is 13.6. The van der Waals surface area contributed by atoms with Crippen LogP contribution in [0.25, 0.3) is 0 Å². The second kappa shape index (κ2) is 13.4. The number of nitrogens with one attached hydrogen (secondary N) is 1. The third-order valence-electron chi connectivity index (χ3n) is 5.81. The molecule has 0 aliphatic carbocycles. The van der Waals surface area contributed by atoms with E-state index in [9.17, 15) is 13.2 Å². The number of carbonyl (C=O) groups is 1. The molecule has 1 heterocycles. The van der Waals surface area contributed by atoms with Gasteiger partial charge in [0.1, 0.15) is 11.5 Å². The summed E-state index contributed by atoms with van der Waals surface area (Å²) in [5, 5.41) is 5.01. The van der Waals surface area contributed by atoms with Crippen molar-refractivity contribution in [2.24, 2.45) is 5.10 Å². The summed E-state index contributed by atoms with van der Waals surface area (Å²) in [6, 6.07) is 18.7. The van der Waals surface area contributed by atoms with Gasteiger partial charge >= 0.3 is 0 Å². The normalized spacial score (nSPS) is 11.7. The molecule has 9 nitrogen and oxygen atoms in total. The van der Waals surface area contributed by atoms with Crippen molar-refractivity contribution in [1.82, 2.24) is 9.73 Å². The van der Waals surface area contributed by atoms with Crippen LogP contribution in [0.2, 0.25) is 15.1 Å². The molecule has 41 heavy (non-hydrogen) atoms. The lowest BCUT2D eigenvalue weighted by atomic mass is 10.2. The van der Waals surface area contributed by atoms with Crippen LogP contribution in [-0.4, -0.2) is 39.1 Å². The van der Waals surface area contributed by atoms with Gasteiger partial charge in [0.2, 0.25) is 10.0 Å².